The Morgan fingerprint density at radius 1 is 0.920 bits per heavy atom. The molecule has 0 fully saturated rings. The summed E-state index contributed by atoms with van der Waals surface area (Å²) >= 11 is 0. The first kappa shape index (κ1) is 17.8. The number of benzene rings is 2. The van der Waals surface area contributed by atoms with E-state index in [9.17, 15) is 24.5 Å². The highest BCUT2D eigenvalue weighted by atomic mass is 16.6. The molecule has 0 aromatic heterocycles. The minimum absolute atomic E-state index is 0.140. The van der Waals surface area contributed by atoms with Crippen LogP contribution in [0.2, 0.25) is 0 Å². The Kier molecular flexibility index (Phi) is 5.23. The van der Waals surface area contributed by atoms with Crippen molar-refractivity contribution in [3.63, 3.8) is 0 Å². The summed E-state index contributed by atoms with van der Waals surface area (Å²) in [6.07, 6.45) is 0. The summed E-state index contributed by atoms with van der Waals surface area (Å²) in [4.78, 5) is 45.3. The molecule has 0 amide bonds. The van der Waals surface area contributed by atoms with Crippen LogP contribution in [0.4, 0.5) is 5.69 Å². The first-order valence-corrected chi connectivity index (χ1v) is 7.03. The topological polar surface area (TPSA) is 113 Å². The van der Waals surface area contributed by atoms with Gasteiger partial charge in [-0.05, 0) is 37.3 Å². The number of hydrogen-bond acceptors (Lipinski definition) is 7. The number of hydrogen-bond donors (Lipinski definition) is 0. The molecule has 2 aromatic carbocycles. The molecule has 0 aliphatic heterocycles. The van der Waals surface area contributed by atoms with Crippen molar-refractivity contribution in [1.29, 1.82) is 0 Å². The molecule has 0 atom stereocenters. The molecule has 8 heteroatoms. The smallest absolute Gasteiger partial charge is 0.343 e. The normalized spacial score (nSPS) is 10.0. The van der Waals surface area contributed by atoms with E-state index in [4.69, 9.17) is 4.74 Å². The van der Waals surface area contributed by atoms with Gasteiger partial charge in [-0.15, -0.1) is 0 Å². The summed E-state index contributed by atoms with van der Waals surface area (Å²) in [6, 6.07) is 8.96. The van der Waals surface area contributed by atoms with Crippen LogP contribution in [0, 0.1) is 10.1 Å². The Labute approximate surface area is 142 Å². The second kappa shape index (κ2) is 7.35. The predicted molar refractivity (Wildman–Crippen MR) is 85.8 cm³/mol. The lowest BCUT2D eigenvalue weighted by Crippen LogP contribution is -2.11. The molecule has 0 radical (unpaired) electrons. The monoisotopic (exact) mass is 343 g/mol. The molecule has 2 rings (SSSR count). The van der Waals surface area contributed by atoms with Crippen molar-refractivity contribution in [3.8, 4) is 5.75 Å². The zero-order valence-corrected chi connectivity index (χ0v) is 13.3. The molecule has 0 N–H and O–H groups in total. The Bertz CT molecular complexity index is 856. The zero-order chi connectivity index (χ0) is 18.6. The molecule has 0 saturated carbocycles. The molecule has 0 spiro atoms. The lowest BCUT2D eigenvalue weighted by atomic mass is 10.1. The predicted octanol–water partition coefficient (Wildman–Crippen LogP) is 2.80. The van der Waals surface area contributed by atoms with Crippen molar-refractivity contribution in [3.05, 3.63) is 69.3 Å². The fourth-order valence-corrected chi connectivity index (χ4v) is 1.99. The molecule has 2 aromatic rings. The van der Waals surface area contributed by atoms with Crippen LogP contribution < -0.4 is 4.74 Å². The number of non-ortho nitro benzene ring substituents is 1. The van der Waals surface area contributed by atoms with Crippen LogP contribution in [0.25, 0.3) is 0 Å². The number of nitrogens with zero attached hydrogens (tertiary/aromatic N) is 1. The molecule has 8 nitrogen and oxygen atoms in total. The number of nitro benzene ring substituents is 1. The van der Waals surface area contributed by atoms with Crippen molar-refractivity contribution in [2.75, 3.05) is 7.11 Å². The van der Waals surface area contributed by atoms with Gasteiger partial charge in [-0.3, -0.25) is 14.9 Å². The van der Waals surface area contributed by atoms with Crippen molar-refractivity contribution in [2.24, 2.45) is 0 Å². The number of Topliss-reactive ketones (excluding diaryl/α,β-unsaturated/α-hetero) is 1. The summed E-state index contributed by atoms with van der Waals surface area (Å²) in [5.41, 5.74) is -0.314. The van der Waals surface area contributed by atoms with E-state index in [1.807, 2.05) is 0 Å². The second-order valence-electron chi connectivity index (χ2n) is 4.99. The van der Waals surface area contributed by atoms with Crippen molar-refractivity contribution < 1.29 is 28.8 Å². The van der Waals surface area contributed by atoms with E-state index in [1.54, 1.807) is 0 Å². The van der Waals surface area contributed by atoms with Gasteiger partial charge in [0.05, 0.1) is 23.2 Å². The largest absolute Gasteiger partial charge is 0.465 e. The standard InChI is InChI=1S/C17H13NO7/c1-10(19)11-3-5-15(6-4-11)25-17(21)13-7-12(16(20)24-2)8-14(9-13)18(22)23/h3-9H,1-2H3. The molecule has 0 heterocycles. The maximum Gasteiger partial charge on any atom is 0.343 e. The summed E-state index contributed by atoms with van der Waals surface area (Å²) in [7, 11) is 1.12. The molecule has 0 unspecified atom stereocenters. The van der Waals surface area contributed by atoms with Gasteiger partial charge in [-0.25, -0.2) is 9.59 Å². The van der Waals surface area contributed by atoms with Gasteiger partial charge in [0.2, 0.25) is 0 Å². The highest BCUT2D eigenvalue weighted by molar-refractivity contribution is 5.97. The number of ether oxygens (including phenoxy) is 2. The van der Waals surface area contributed by atoms with Crippen molar-refractivity contribution in [1.82, 2.24) is 0 Å². The van der Waals surface area contributed by atoms with E-state index in [0.29, 0.717) is 5.56 Å². The number of carbonyl (C=O) groups is 3. The Morgan fingerprint density at radius 3 is 1.96 bits per heavy atom. The minimum atomic E-state index is -0.885. The Hall–Kier alpha value is -3.55. The Balaban J connectivity index is 2.31. The van der Waals surface area contributed by atoms with Gasteiger partial charge in [-0.2, -0.15) is 0 Å². The van der Waals surface area contributed by atoms with E-state index >= 15 is 0 Å². The second-order valence-corrected chi connectivity index (χ2v) is 4.99. The van der Waals surface area contributed by atoms with Crippen molar-refractivity contribution in [2.45, 2.75) is 6.92 Å². The Morgan fingerprint density at radius 2 is 1.48 bits per heavy atom. The molecule has 0 aliphatic rings. The molecular formula is C17H13NO7. The molecular weight excluding hydrogens is 330 g/mol. The van der Waals surface area contributed by atoms with E-state index < -0.39 is 22.5 Å². The van der Waals surface area contributed by atoms with Crippen LogP contribution in [0.3, 0.4) is 0 Å². The first-order chi connectivity index (χ1) is 11.8. The number of rotatable bonds is 5. The van der Waals surface area contributed by atoms with Gasteiger partial charge in [0.25, 0.3) is 5.69 Å². The third-order valence-electron chi connectivity index (χ3n) is 3.26. The lowest BCUT2D eigenvalue weighted by molar-refractivity contribution is -0.384. The van der Waals surface area contributed by atoms with Gasteiger partial charge < -0.3 is 9.47 Å². The quantitative estimate of drug-likeness (QED) is 0.270. The maximum atomic E-state index is 12.2. The van der Waals surface area contributed by atoms with Crippen molar-refractivity contribution >= 4 is 23.4 Å². The number of carbonyl (C=O) groups excluding carboxylic acids is 3. The highest BCUT2D eigenvalue weighted by Gasteiger charge is 2.19. The fourth-order valence-electron chi connectivity index (χ4n) is 1.99. The number of ketones is 1. The van der Waals surface area contributed by atoms with Crippen LogP contribution >= 0.6 is 0 Å². The average Bonchev–Trinajstić information content (AvgIpc) is 2.60. The van der Waals surface area contributed by atoms with Crippen LogP contribution in [0.5, 0.6) is 5.75 Å². The van der Waals surface area contributed by atoms with Gasteiger partial charge in [-0.1, -0.05) is 0 Å². The minimum Gasteiger partial charge on any atom is -0.465 e. The molecule has 0 aliphatic carbocycles. The van der Waals surface area contributed by atoms with Crippen LogP contribution in [0.15, 0.2) is 42.5 Å². The zero-order valence-electron chi connectivity index (χ0n) is 13.3. The van der Waals surface area contributed by atoms with Gasteiger partial charge in [0.15, 0.2) is 5.78 Å². The SMILES string of the molecule is COC(=O)c1cc(C(=O)Oc2ccc(C(C)=O)cc2)cc([N+](=O)[O-])c1. The summed E-state index contributed by atoms with van der Waals surface area (Å²) in [5, 5.41) is 11.0. The third kappa shape index (κ3) is 4.25. The molecule has 128 valence electrons. The van der Waals surface area contributed by atoms with E-state index in [1.165, 1.54) is 31.2 Å². The first-order valence-electron chi connectivity index (χ1n) is 7.03. The average molecular weight is 343 g/mol. The molecule has 25 heavy (non-hydrogen) atoms. The van der Waals surface area contributed by atoms with E-state index in [0.717, 1.165) is 25.3 Å². The number of nitro groups is 1. The van der Waals surface area contributed by atoms with Crippen LogP contribution in [-0.2, 0) is 4.74 Å². The summed E-state index contributed by atoms with van der Waals surface area (Å²) in [5.74, 6) is -1.69. The number of esters is 2. The summed E-state index contributed by atoms with van der Waals surface area (Å²) in [6.45, 7) is 1.40. The van der Waals surface area contributed by atoms with Crippen LogP contribution in [0.1, 0.15) is 38.0 Å². The van der Waals surface area contributed by atoms with Gasteiger partial charge >= 0.3 is 11.9 Å². The van der Waals surface area contributed by atoms with Crippen LogP contribution in [-0.4, -0.2) is 29.8 Å². The highest BCUT2D eigenvalue weighted by Crippen LogP contribution is 2.20. The van der Waals surface area contributed by atoms with E-state index in [2.05, 4.69) is 4.74 Å². The third-order valence-corrected chi connectivity index (χ3v) is 3.26. The maximum absolute atomic E-state index is 12.2. The van der Waals surface area contributed by atoms with Gasteiger partial charge in [0, 0.05) is 17.7 Å². The molecule has 0 saturated heterocycles. The van der Waals surface area contributed by atoms with E-state index in [-0.39, 0.29) is 22.7 Å². The fraction of sp³-hybridized carbons (Fsp3) is 0.118. The lowest BCUT2D eigenvalue weighted by Gasteiger charge is -2.06. The summed E-state index contributed by atoms with van der Waals surface area (Å²) < 4.78 is 9.63. The number of methoxy groups -OCH3 is 1. The molecule has 0 bridgehead atoms. The van der Waals surface area contributed by atoms with Gasteiger partial charge in [0.1, 0.15) is 5.75 Å².